The monoisotopic (exact) mass is 646 g/mol. The third kappa shape index (κ3) is 4.39. The molecular formula is C49H30N2. The molecule has 2 nitrogen and oxygen atoms in total. The molecule has 0 amide bonds. The zero-order valence-corrected chi connectivity index (χ0v) is 27.7. The predicted molar refractivity (Wildman–Crippen MR) is 210 cm³/mol. The van der Waals surface area contributed by atoms with Crippen molar-refractivity contribution in [3.8, 4) is 39.4 Å². The van der Waals surface area contributed by atoms with Gasteiger partial charge in [0.05, 0.1) is 28.1 Å². The lowest BCUT2D eigenvalue weighted by Crippen LogP contribution is -2.28. The summed E-state index contributed by atoms with van der Waals surface area (Å²) >= 11 is 0. The van der Waals surface area contributed by atoms with Gasteiger partial charge in [-0.05, 0) is 97.4 Å². The molecule has 1 heterocycles. The second-order valence-electron chi connectivity index (χ2n) is 13.4. The Morgan fingerprint density at radius 1 is 0.431 bits per heavy atom. The summed E-state index contributed by atoms with van der Waals surface area (Å²) in [6.45, 7) is 0. The Morgan fingerprint density at radius 3 is 1.75 bits per heavy atom. The highest BCUT2D eigenvalue weighted by molar-refractivity contribution is 6.14. The maximum Gasteiger partial charge on any atom is 0.0991 e. The van der Waals surface area contributed by atoms with Gasteiger partial charge in [0.15, 0.2) is 0 Å². The first kappa shape index (κ1) is 29.1. The molecule has 8 aromatic carbocycles. The van der Waals surface area contributed by atoms with E-state index in [1.165, 1.54) is 44.3 Å². The number of hydrogen-bond donors (Lipinski definition) is 0. The number of nitriles is 1. The molecule has 0 fully saturated rings. The van der Waals surface area contributed by atoms with E-state index in [0.717, 1.165) is 43.9 Å². The van der Waals surface area contributed by atoms with E-state index in [2.05, 4.69) is 176 Å². The van der Waals surface area contributed by atoms with Crippen molar-refractivity contribution in [3.05, 3.63) is 210 Å². The van der Waals surface area contributed by atoms with Crippen molar-refractivity contribution in [2.75, 3.05) is 0 Å². The molecule has 0 bridgehead atoms. The zero-order valence-electron chi connectivity index (χ0n) is 27.7. The van der Waals surface area contributed by atoms with E-state index in [-0.39, 0.29) is 0 Å². The molecule has 0 saturated carbocycles. The lowest BCUT2D eigenvalue weighted by molar-refractivity contribution is 0.768. The average Bonchev–Trinajstić information content (AvgIpc) is 3.50. The highest BCUT2D eigenvalue weighted by atomic mass is 14.7. The third-order valence-corrected chi connectivity index (χ3v) is 10.7. The fourth-order valence-electron chi connectivity index (χ4n) is 8.43. The van der Waals surface area contributed by atoms with E-state index >= 15 is 0 Å². The summed E-state index contributed by atoms with van der Waals surface area (Å²) in [5.74, 6) is 0. The van der Waals surface area contributed by atoms with Gasteiger partial charge in [0.2, 0.25) is 0 Å². The van der Waals surface area contributed by atoms with Crippen LogP contribution in [0.4, 0.5) is 0 Å². The van der Waals surface area contributed by atoms with E-state index in [9.17, 15) is 5.26 Å². The summed E-state index contributed by atoms with van der Waals surface area (Å²) in [7, 11) is 0. The second kappa shape index (κ2) is 11.4. The standard InChI is InChI=1S/C49H30N2/c50-31-32-19-25-41-42-26-24-35(30-46(42)49(45(41)27-32,38-12-3-1-4-13-38)39-14-5-2-6-15-39)33-20-22-34(23-21-33)44-29-37-28-36-11-7-10-18-47(36)51-48(37)43-17-9-8-16-40(43)44/h1-30H. The molecule has 10 rings (SSSR count). The Balaban J connectivity index is 1.14. The second-order valence-corrected chi connectivity index (χ2v) is 13.4. The van der Waals surface area contributed by atoms with Crippen LogP contribution < -0.4 is 0 Å². The Bertz CT molecular complexity index is 2810. The van der Waals surface area contributed by atoms with Gasteiger partial charge in [-0.25, -0.2) is 4.98 Å². The molecule has 0 spiro atoms. The van der Waals surface area contributed by atoms with Crippen molar-refractivity contribution in [2.45, 2.75) is 5.41 Å². The maximum absolute atomic E-state index is 9.99. The van der Waals surface area contributed by atoms with Crippen LogP contribution in [0, 0.1) is 11.3 Å². The Hall–Kier alpha value is -6.82. The molecule has 0 atom stereocenters. The molecule has 1 aliphatic rings. The smallest absolute Gasteiger partial charge is 0.0991 e. The fourth-order valence-corrected chi connectivity index (χ4v) is 8.43. The fraction of sp³-hybridized carbons (Fsp3) is 0.0204. The van der Waals surface area contributed by atoms with Gasteiger partial charge >= 0.3 is 0 Å². The molecular weight excluding hydrogens is 617 g/mol. The normalized spacial score (nSPS) is 12.8. The van der Waals surface area contributed by atoms with Crippen molar-refractivity contribution < 1.29 is 0 Å². The molecule has 9 aromatic rings. The first-order chi connectivity index (χ1) is 25.2. The largest absolute Gasteiger partial charge is 0.247 e. The number of fused-ring (bicyclic) bond motifs is 7. The van der Waals surface area contributed by atoms with Crippen LogP contribution in [0.25, 0.3) is 66.0 Å². The van der Waals surface area contributed by atoms with Gasteiger partial charge in [-0.3, -0.25) is 0 Å². The molecule has 236 valence electrons. The highest BCUT2D eigenvalue weighted by Crippen LogP contribution is 2.57. The molecule has 0 saturated heterocycles. The summed E-state index contributed by atoms with van der Waals surface area (Å²) in [5, 5.41) is 14.6. The molecule has 0 N–H and O–H groups in total. The van der Waals surface area contributed by atoms with E-state index < -0.39 is 5.41 Å². The van der Waals surface area contributed by atoms with E-state index in [1.54, 1.807) is 0 Å². The van der Waals surface area contributed by atoms with Crippen LogP contribution in [0.2, 0.25) is 0 Å². The topological polar surface area (TPSA) is 36.7 Å². The SMILES string of the molecule is N#Cc1ccc2c(c1)C(c1ccccc1)(c1ccccc1)c1cc(-c3ccc(-c4cc5cc6ccccc6nc5c5ccccc45)cc3)ccc1-2. The molecule has 2 heteroatoms. The number of rotatable bonds is 4. The minimum atomic E-state index is -0.571. The van der Waals surface area contributed by atoms with Gasteiger partial charge in [0.1, 0.15) is 0 Å². The lowest BCUT2D eigenvalue weighted by atomic mass is 9.67. The number of para-hydroxylation sites is 1. The minimum absolute atomic E-state index is 0.571. The van der Waals surface area contributed by atoms with Crippen molar-refractivity contribution in [2.24, 2.45) is 0 Å². The van der Waals surface area contributed by atoms with Crippen molar-refractivity contribution in [1.29, 1.82) is 5.26 Å². The number of aromatic nitrogens is 1. The molecule has 51 heavy (non-hydrogen) atoms. The highest BCUT2D eigenvalue weighted by Gasteiger charge is 2.46. The van der Waals surface area contributed by atoms with Gasteiger partial charge in [-0.2, -0.15) is 5.26 Å². The first-order valence-corrected chi connectivity index (χ1v) is 17.3. The van der Waals surface area contributed by atoms with Crippen molar-refractivity contribution in [3.63, 3.8) is 0 Å². The van der Waals surface area contributed by atoms with Crippen LogP contribution >= 0.6 is 0 Å². The van der Waals surface area contributed by atoms with Gasteiger partial charge < -0.3 is 0 Å². The summed E-state index contributed by atoms with van der Waals surface area (Å²) in [4.78, 5) is 5.09. The number of benzene rings is 8. The van der Waals surface area contributed by atoms with Crippen LogP contribution in [0.3, 0.4) is 0 Å². The molecule has 1 aliphatic carbocycles. The summed E-state index contributed by atoms with van der Waals surface area (Å²) in [6, 6.07) is 67.4. The van der Waals surface area contributed by atoms with Gasteiger partial charge in [0.25, 0.3) is 0 Å². The summed E-state index contributed by atoms with van der Waals surface area (Å²) in [5.41, 5.74) is 13.9. The van der Waals surface area contributed by atoms with Crippen LogP contribution in [-0.2, 0) is 5.41 Å². The Labute approximate surface area is 296 Å². The predicted octanol–water partition coefficient (Wildman–Crippen LogP) is 12.1. The van der Waals surface area contributed by atoms with Gasteiger partial charge in [0, 0.05) is 16.2 Å². The Kier molecular flexibility index (Phi) is 6.50. The van der Waals surface area contributed by atoms with E-state index in [0.29, 0.717) is 5.56 Å². The Morgan fingerprint density at radius 2 is 1.02 bits per heavy atom. The summed E-state index contributed by atoms with van der Waals surface area (Å²) < 4.78 is 0. The molecule has 0 aliphatic heterocycles. The van der Waals surface area contributed by atoms with Crippen LogP contribution in [0.1, 0.15) is 27.8 Å². The maximum atomic E-state index is 9.99. The molecule has 1 aromatic heterocycles. The quantitative estimate of drug-likeness (QED) is 0.141. The van der Waals surface area contributed by atoms with Crippen molar-refractivity contribution >= 4 is 32.6 Å². The van der Waals surface area contributed by atoms with Crippen molar-refractivity contribution in [1.82, 2.24) is 4.98 Å². The molecule has 0 radical (unpaired) electrons. The van der Waals surface area contributed by atoms with Crippen LogP contribution in [0.15, 0.2) is 182 Å². The van der Waals surface area contributed by atoms with Gasteiger partial charge in [-0.1, -0.05) is 146 Å². The average molecular weight is 647 g/mol. The molecule has 0 unspecified atom stereocenters. The van der Waals surface area contributed by atoms with E-state index in [4.69, 9.17) is 4.98 Å². The minimum Gasteiger partial charge on any atom is -0.247 e. The first-order valence-electron chi connectivity index (χ1n) is 17.3. The number of pyridine rings is 1. The zero-order chi connectivity index (χ0) is 33.9. The number of hydrogen-bond acceptors (Lipinski definition) is 2. The van der Waals surface area contributed by atoms with Crippen LogP contribution in [0.5, 0.6) is 0 Å². The van der Waals surface area contributed by atoms with Gasteiger partial charge in [-0.15, -0.1) is 0 Å². The lowest BCUT2D eigenvalue weighted by Gasteiger charge is -2.34. The third-order valence-electron chi connectivity index (χ3n) is 10.7. The van der Waals surface area contributed by atoms with E-state index in [1.807, 2.05) is 12.1 Å². The summed E-state index contributed by atoms with van der Waals surface area (Å²) in [6.07, 6.45) is 0. The number of nitrogens with zero attached hydrogens (tertiary/aromatic N) is 2. The van der Waals surface area contributed by atoms with Crippen LogP contribution in [-0.4, -0.2) is 4.98 Å².